The molecule has 2 radical (unpaired) electrons. The second kappa shape index (κ2) is 9.85. The van der Waals surface area contributed by atoms with Crippen molar-refractivity contribution >= 4 is 76.4 Å². The van der Waals surface area contributed by atoms with Crippen LogP contribution in [-0.4, -0.2) is 64.2 Å². The molecule has 0 bridgehead atoms. The van der Waals surface area contributed by atoms with Crippen LogP contribution in [0.15, 0.2) is 0 Å². The second-order valence-corrected chi connectivity index (χ2v) is 0.874. The Morgan fingerprint density at radius 2 is 1.17 bits per heavy atom. The SMILES string of the molecule is NC(N)=S.[Na].[Na]. The van der Waals surface area contributed by atoms with Crippen molar-refractivity contribution < 1.29 is 0 Å². The van der Waals surface area contributed by atoms with Crippen LogP contribution in [0.4, 0.5) is 0 Å². The maximum absolute atomic E-state index is 4.62. The van der Waals surface area contributed by atoms with Gasteiger partial charge in [-0.1, -0.05) is 0 Å². The molecule has 0 spiro atoms. The molecule has 5 heteroatoms. The zero-order valence-corrected chi connectivity index (χ0v) is 8.88. The van der Waals surface area contributed by atoms with E-state index in [2.05, 4.69) is 23.7 Å². The van der Waals surface area contributed by atoms with Crippen molar-refractivity contribution in [2.45, 2.75) is 0 Å². The van der Waals surface area contributed by atoms with Crippen molar-refractivity contribution in [3.05, 3.63) is 0 Å². The summed E-state index contributed by atoms with van der Waals surface area (Å²) in [4.78, 5) is 0. The Morgan fingerprint density at radius 1 is 1.17 bits per heavy atom. The third-order valence-corrected chi connectivity index (χ3v) is 0. The van der Waals surface area contributed by atoms with Gasteiger partial charge in [-0.05, 0) is 12.2 Å². The average Bonchev–Trinajstić information content (AvgIpc) is 0.811. The Kier molecular flexibility index (Phi) is 25.7. The number of thiocarbonyl (C=S) groups is 1. The molecule has 6 heavy (non-hydrogen) atoms. The molecule has 0 unspecified atom stereocenters. The maximum atomic E-state index is 4.62. The largest absolute Gasteiger partial charge is 0.377 e. The summed E-state index contributed by atoms with van der Waals surface area (Å²) in [7, 11) is 0. The van der Waals surface area contributed by atoms with Gasteiger partial charge in [-0.3, -0.25) is 0 Å². The molecule has 0 aromatic heterocycles. The number of nitrogens with two attached hydrogens (primary N) is 2. The maximum Gasteiger partial charge on any atom is 0.160 e. The summed E-state index contributed by atoms with van der Waals surface area (Å²) in [5.74, 6) is 0. The molecule has 2 nitrogen and oxygen atoms in total. The smallest absolute Gasteiger partial charge is 0.160 e. The van der Waals surface area contributed by atoms with Gasteiger partial charge in [-0.15, -0.1) is 0 Å². The average molecular weight is 122 g/mol. The first kappa shape index (κ1) is 15.6. The fraction of sp³-hybridized carbons (Fsp3) is 0. The zero-order valence-electron chi connectivity index (χ0n) is 4.06. The molecule has 0 saturated heterocycles. The van der Waals surface area contributed by atoms with Crippen molar-refractivity contribution in [3.8, 4) is 0 Å². The molecular weight excluding hydrogens is 118 g/mol. The molecular formula is CH4N2Na2S. The first-order valence-corrected chi connectivity index (χ1v) is 1.19. The third kappa shape index (κ3) is 43.8. The normalized spacial score (nSPS) is 4.00. The van der Waals surface area contributed by atoms with Gasteiger partial charge in [0, 0.05) is 59.1 Å². The summed E-state index contributed by atoms with van der Waals surface area (Å²) in [5, 5.41) is 0.000000000000000222. The van der Waals surface area contributed by atoms with Crippen LogP contribution in [0.1, 0.15) is 0 Å². The van der Waals surface area contributed by atoms with Gasteiger partial charge in [-0.25, -0.2) is 0 Å². The van der Waals surface area contributed by atoms with E-state index < -0.39 is 0 Å². The summed E-state index contributed by atoms with van der Waals surface area (Å²) in [6.45, 7) is 0. The quantitative estimate of drug-likeness (QED) is 0.301. The van der Waals surface area contributed by atoms with Gasteiger partial charge < -0.3 is 11.5 Å². The van der Waals surface area contributed by atoms with Crippen LogP contribution in [0.3, 0.4) is 0 Å². The Labute approximate surface area is 86.6 Å². The fourth-order valence-electron chi connectivity index (χ4n) is 0. The van der Waals surface area contributed by atoms with Gasteiger partial charge in [0.15, 0.2) is 5.11 Å². The molecule has 0 atom stereocenters. The molecule has 0 aliphatic heterocycles. The molecule has 0 rings (SSSR count). The van der Waals surface area contributed by atoms with Crippen LogP contribution in [0, 0.1) is 0 Å². The van der Waals surface area contributed by atoms with Gasteiger partial charge >= 0.3 is 0 Å². The summed E-state index contributed by atoms with van der Waals surface area (Å²) >= 11 is 4.09. The number of hydrogen-bond donors (Lipinski definition) is 2. The predicted molar refractivity (Wildman–Crippen MR) is 32.5 cm³/mol. The van der Waals surface area contributed by atoms with Crippen LogP contribution in [-0.2, 0) is 0 Å². The molecule has 0 amide bonds. The van der Waals surface area contributed by atoms with E-state index in [0.717, 1.165) is 0 Å². The standard InChI is InChI=1S/CH4N2S.2Na/c2-1(3)4;;/h(H4,2,3,4);;. The van der Waals surface area contributed by atoms with Crippen molar-refractivity contribution in [1.82, 2.24) is 0 Å². The summed E-state index contributed by atoms with van der Waals surface area (Å²) in [6, 6.07) is 0. The van der Waals surface area contributed by atoms with E-state index in [1.165, 1.54) is 0 Å². The molecule has 4 N–H and O–H groups in total. The van der Waals surface area contributed by atoms with E-state index >= 15 is 0 Å². The Balaban J connectivity index is -0.0000000450. The number of rotatable bonds is 0. The molecule has 0 aliphatic carbocycles. The molecule has 26 valence electrons. The molecule has 0 heterocycles. The zero-order chi connectivity index (χ0) is 3.58. The van der Waals surface area contributed by atoms with E-state index in [0.29, 0.717) is 0 Å². The van der Waals surface area contributed by atoms with Crippen LogP contribution >= 0.6 is 12.2 Å². The van der Waals surface area contributed by atoms with Gasteiger partial charge in [0.25, 0.3) is 0 Å². The summed E-state index contributed by atoms with van der Waals surface area (Å²) in [6.07, 6.45) is 0. The molecule has 0 saturated carbocycles. The van der Waals surface area contributed by atoms with E-state index in [1.54, 1.807) is 0 Å². The van der Waals surface area contributed by atoms with E-state index in [9.17, 15) is 0 Å². The van der Waals surface area contributed by atoms with Gasteiger partial charge in [0.1, 0.15) is 0 Å². The van der Waals surface area contributed by atoms with E-state index in [1.807, 2.05) is 0 Å². The minimum Gasteiger partial charge on any atom is -0.377 e. The first-order chi connectivity index (χ1) is 1.73. The Morgan fingerprint density at radius 3 is 1.17 bits per heavy atom. The van der Waals surface area contributed by atoms with Crippen molar-refractivity contribution in [3.63, 3.8) is 0 Å². The summed E-state index contributed by atoms with van der Waals surface area (Å²) < 4.78 is 0. The van der Waals surface area contributed by atoms with Gasteiger partial charge in [-0.2, -0.15) is 0 Å². The van der Waals surface area contributed by atoms with Crippen LogP contribution < -0.4 is 11.5 Å². The number of hydrogen-bond acceptors (Lipinski definition) is 1. The Bertz CT molecular complexity index is 34.5. The minimum atomic E-state index is 0. The predicted octanol–water partition coefficient (Wildman–Crippen LogP) is -1.57. The minimum absolute atomic E-state index is 0. The fourth-order valence-corrected chi connectivity index (χ4v) is 0. The molecule has 0 aromatic carbocycles. The van der Waals surface area contributed by atoms with Gasteiger partial charge in [0.2, 0.25) is 0 Å². The summed E-state index contributed by atoms with van der Waals surface area (Å²) in [5.41, 5.74) is 9.24. The first-order valence-electron chi connectivity index (χ1n) is 0.781. The van der Waals surface area contributed by atoms with Crippen molar-refractivity contribution in [2.24, 2.45) is 11.5 Å². The Hall–Kier alpha value is 1.69. The van der Waals surface area contributed by atoms with Crippen LogP contribution in [0.25, 0.3) is 0 Å². The molecule has 0 aromatic rings. The van der Waals surface area contributed by atoms with Gasteiger partial charge in [0.05, 0.1) is 0 Å². The topological polar surface area (TPSA) is 52.0 Å². The van der Waals surface area contributed by atoms with E-state index in [-0.39, 0.29) is 64.2 Å². The van der Waals surface area contributed by atoms with Crippen molar-refractivity contribution in [1.29, 1.82) is 0 Å². The monoisotopic (exact) mass is 122 g/mol. The van der Waals surface area contributed by atoms with Crippen LogP contribution in [0.5, 0.6) is 0 Å². The molecule has 0 fully saturated rings. The van der Waals surface area contributed by atoms with Crippen LogP contribution in [0.2, 0.25) is 0 Å². The third-order valence-electron chi connectivity index (χ3n) is 0. The molecule has 0 aliphatic rings. The second-order valence-electron chi connectivity index (χ2n) is 0.402. The van der Waals surface area contributed by atoms with Crippen molar-refractivity contribution in [2.75, 3.05) is 0 Å². The van der Waals surface area contributed by atoms with E-state index in [4.69, 9.17) is 0 Å².